The van der Waals surface area contributed by atoms with Crippen LogP contribution in [0.4, 0.5) is 0 Å². The van der Waals surface area contributed by atoms with E-state index >= 15 is 0 Å². The maximum absolute atomic E-state index is 12.1. The molecule has 0 saturated heterocycles. The molecule has 1 aliphatic rings. The molecular formula is C11H15N3O3S. The van der Waals surface area contributed by atoms with Crippen LogP contribution in [0.1, 0.15) is 13.3 Å². The van der Waals surface area contributed by atoms with E-state index in [1.54, 1.807) is 4.57 Å². The fourth-order valence-corrected chi connectivity index (χ4v) is 2.70. The molecule has 0 aliphatic carbocycles. The van der Waals surface area contributed by atoms with Gasteiger partial charge >= 0.3 is 5.97 Å². The van der Waals surface area contributed by atoms with Gasteiger partial charge in [-0.05, 0) is 6.42 Å². The number of hydrogen-bond donors (Lipinski definition) is 0. The van der Waals surface area contributed by atoms with Crippen molar-refractivity contribution in [1.82, 2.24) is 9.47 Å². The molecule has 0 N–H and O–H groups in total. The molecular weight excluding hydrogens is 254 g/mol. The maximum atomic E-state index is 12.1. The number of aromatic nitrogens is 1. The Bertz CT molecular complexity index is 616. The van der Waals surface area contributed by atoms with Gasteiger partial charge in [0.1, 0.15) is 4.53 Å². The van der Waals surface area contributed by atoms with Gasteiger partial charge in [-0.15, -0.1) is 0 Å². The summed E-state index contributed by atoms with van der Waals surface area (Å²) in [6.45, 7) is 4.13. The molecule has 18 heavy (non-hydrogen) atoms. The van der Waals surface area contributed by atoms with Gasteiger partial charge in [0.05, 0.1) is 20.4 Å². The first kappa shape index (κ1) is 13.0. The first-order chi connectivity index (χ1) is 8.65. The second kappa shape index (κ2) is 5.45. The average molecular weight is 269 g/mol. The summed E-state index contributed by atoms with van der Waals surface area (Å²) >= 11 is 1.23. The van der Waals surface area contributed by atoms with Crippen LogP contribution in [-0.2, 0) is 16.2 Å². The highest BCUT2D eigenvalue weighted by molar-refractivity contribution is 7.07. The van der Waals surface area contributed by atoms with Gasteiger partial charge in [-0.25, -0.2) is 9.79 Å². The SMILES string of the molecule is CCCN1CN=c2sc(=CC(=O)OC)c(=O)n2C1. The van der Waals surface area contributed by atoms with Crippen molar-refractivity contribution >= 4 is 23.4 Å². The second-order valence-corrected chi connectivity index (χ2v) is 4.99. The predicted molar refractivity (Wildman–Crippen MR) is 67.7 cm³/mol. The summed E-state index contributed by atoms with van der Waals surface area (Å²) in [5, 5.41) is 0. The van der Waals surface area contributed by atoms with Crippen molar-refractivity contribution in [2.75, 3.05) is 20.3 Å². The molecule has 2 rings (SSSR count). The van der Waals surface area contributed by atoms with Crippen molar-refractivity contribution < 1.29 is 9.53 Å². The second-order valence-electron chi connectivity index (χ2n) is 3.98. The summed E-state index contributed by atoms with van der Waals surface area (Å²) in [7, 11) is 1.29. The summed E-state index contributed by atoms with van der Waals surface area (Å²) in [6, 6.07) is 0. The van der Waals surface area contributed by atoms with Crippen LogP contribution in [0.25, 0.3) is 6.08 Å². The summed E-state index contributed by atoms with van der Waals surface area (Å²) in [4.78, 5) is 30.3. The summed E-state index contributed by atoms with van der Waals surface area (Å²) in [5.74, 6) is -0.517. The van der Waals surface area contributed by atoms with Gasteiger partial charge in [-0.3, -0.25) is 14.3 Å². The predicted octanol–water partition coefficient (Wildman–Crippen LogP) is -0.876. The number of thiazole rings is 1. The standard InChI is InChI=1S/C11H15N3O3S/c1-3-4-13-6-12-11-14(7-13)10(16)8(18-11)5-9(15)17-2/h5H,3-4,6-7H2,1-2H3. The molecule has 0 spiro atoms. The number of carbonyl (C=O) groups is 1. The van der Waals surface area contributed by atoms with Crippen molar-refractivity contribution in [1.29, 1.82) is 0 Å². The lowest BCUT2D eigenvalue weighted by Crippen LogP contribution is -2.42. The summed E-state index contributed by atoms with van der Waals surface area (Å²) in [6.07, 6.45) is 2.24. The van der Waals surface area contributed by atoms with E-state index in [4.69, 9.17) is 0 Å². The molecule has 98 valence electrons. The lowest BCUT2D eigenvalue weighted by molar-refractivity contribution is -0.133. The molecule has 0 amide bonds. The zero-order valence-corrected chi connectivity index (χ0v) is 11.2. The maximum Gasteiger partial charge on any atom is 0.332 e. The normalized spacial score (nSPS) is 16.2. The van der Waals surface area contributed by atoms with Gasteiger partial charge in [0.25, 0.3) is 5.56 Å². The van der Waals surface area contributed by atoms with Crippen LogP contribution in [0.5, 0.6) is 0 Å². The summed E-state index contributed by atoms with van der Waals surface area (Å²) < 4.78 is 6.49. The third kappa shape index (κ3) is 2.51. The van der Waals surface area contributed by atoms with E-state index < -0.39 is 5.97 Å². The summed E-state index contributed by atoms with van der Waals surface area (Å²) in [5.41, 5.74) is -0.176. The van der Waals surface area contributed by atoms with Crippen molar-refractivity contribution in [2.45, 2.75) is 20.0 Å². The molecule has 0 radical (unpaired) electrons. The third-order valence-electron chi connectivity index (χ3n) is 2.63. The van der Waals surface area contributed by atoms with Crippen molar-refractivity contribution in [3.05, 3.63) is 19.7 Å². The van der Waals surface area contributed by atoms with Crippen LogP contribution < -0.4 is 14.9 Å². The van der Waals surface area contributed by atoms with E-state index in [1.165, 1.54) is 24.5 Å². The molecule has 0 bridgehead atoms. The van der Waals surface area contributed by atoms with Gasteiger partial charge in [-0.2, -0.15) is 0 Å². The van der Waals surface area contributed by atoms with E-state index in [9.17, 15) is 9.59 Å². The van der Waals surface area contributed by atoms with E-state index in [1.807, 2.05) is 0 Å². The number of esters is 1. The molecule has 0 fully saturated rings. The molecule has 0 unspecified atom stereocenters. The molecule has 6 nitrogen and oxygen atoms in total. The topological polar surface area (TPSA) is 63.9 Å². The van der Waals surface area contributed by atoms with Gasteiger partial charge in [-0.1, -0.05) is 18.3 Å². The van der Waals surface area contributed by atoms with Crippen LogP contribution in [0.2, 0.25) is 0 Å². The van der Waals surface area contributed by atoms with Crippen LogP contribution in [0.15, 0.2) is 9.79 Å². The quantitative estimate of drug-likeness (QED) is 0.669. The number of nitrogens with zero attached hydrogens (tertiary/aromatic N) is 3. The first-order valence-corrected chi connectivity index (χ1v) is 6.53. The Balaban J connectivity index is 2.40. The Morgan fingerprint density at radius 1 is 1.61 bits per heavy atom. The molecule has 7 heteroatoms. The highest BCUT2D eigenvalue weighted by Crippen LogP contribution is 1.97. The average Bonchev–Trinajstić information content (AvgIpc) is 2.67. The Morgan fingerprint density at radius 2 is 2.39 bits per heavy atom. The van der Waals surface area contributed by atoms with Gasteiger partial charge in [0.2, 0.25) is 0 Å². The highest BCUT2D eigenvalue weighted by Gasteiger charge is 2.14. The molecule has 0 saturated carbocycles. The van der Waals surface area contributed by atoms with Crippen LogP contribution >= 0.6 is 11.3 Å². The Labute approximate surface area is 108 Å². The molecule has 1 aliphatic heterocycles. The molecule has 0 aromatic carbocycles. The third-order valence-corrected chi connectivity index (χ3v) is 3.67. The minimum Gasteiger partial charge on any atom is -0.466 e. The van der Waals surface area contributed by atoms with Crippen LogP contribution in [0.3, 0.4) is 0 Å². The zero-order chi connectivity index (χ0) is 13.1. The van der Waals surface area contributed by atoms with Crippen LogP contribution in [-0.4, -0.2) is 35.8 Å². The monoisotopic (exact) mass is 269 g/mol. The largest absolute Gasteiger partial charge is 0.466 e. The molecule has 0 atom stereocenters. The minimum atomic E-state index is -0.517. The molecule has 1 aromatic rings. The Hall–Kier alpha value is -1.47. The smallest absolute Gasteiger partial charge is 0.332 e. The lowest BCUT2D eigenvalue weighted by atomic mass is 10.4. The number of ether oxygens (including phenoxy) is 1. The highest BCUT2D eigenvalue weighted by atomic mass is 32.1. The first-order valence-electron chi connectivity index (χ1n) is 5.72. The fraction of sp³-hybridized carbons (Fsp3) is 0.545. The molecule has 1 aromatic heterocycles. The fourth-order valence-electron chi connectivity index (χ4n) is 1.78. The number of carbonyl (C=O) groups excluding carboxylic acids is 1. The van der Waals surface area contributed by atoms with Gasteiger partial charge in [0, 0.05) is 12.6 Å². The number of fused-ring (bicyclic) bond motifs is 1. The van der Waals surface area contributed by atoms with Crippen LogP contribution in [0, 0.1) is 0 Å². The lowest BCUT2D eigenvalue weighted by Gasteiger charge is -2.22. The molecule has 2 heterocycles. The van der Waals surface area contributed by atoms with Crippen molar-refractivity contribution in [3.8, 4) is 0 Å². The van der Waals surface area contributed by atoms with Gasteiger partial charge < -0.3 is 4.74 Å². The van der Waals surface area contributed by atoms with E-state index in [0.717, 1.165) is 13.0 Å². The minimum absolute atomic E-state index is 0.176. The van der Waals surface area contributed by atoms with E-state index in [2.05, 4.69) is 21.6 Å². The number of methoxy groups -OCH3 is 1. The van der Waals surface area contributed by atoms with Crippen molar-refractivity contribution in [2.24, 2.45) is 4.99 Å². The van der Waals surface area contributed by atoms with E-state index in [-0.39, 0.29) is 5.56 Å². The van der Waals surface area contributed by atoms with E-state index in [0.29, 0.717) is 22.7 Å². The number of hydrogen-bond acceptors (Lipinski definition) is 6. The zero-order valence-electron chi connectivity index (χ0n) is 10.4. The number of rotatable bonds is 3. The Morgan fingerprint density at radius 3 is 3.06 bits per heavy atom. The van der Waals surface area contributed by atoms with Crippen molar-refractivity contribution in [3.63, 3.8) is 0 Å². The van der Waals surface area contributed by atoms with Gasteiger partial charge in [0.15, 0.2) is 4.80 Å². The Kier molecular flexibility index (Phi) is 3.93.